The first-order valence-corrected chi connectivity index (χ1v) is 16.2. The van der Waals surface area contributed by atoms with E-state index in [4.69, 9.17) is 18.9 Å². The first-order valence-electron chi connectivity index (χ1n) is 16.2. The van der Waals surface area contributed by atoms with Gasteiger partial charge in [0, 0.05) is 49.6 Å². The Morgan fingerprint density at radius 2 is 1.71 bits per heavy atom. The molecular formula is C34H48N4O7. The lowest BCUT2D eigenvalue weighted by atomic mass is 10.0. The van der Waals surface area contributed by atoms with Gasteiger partial charge in [0.05, 0.1) is 30.4 Å². The van der Waals surface area contributed by atoms with Crippen LogP contribution in [0.2, 0.25) is 0 Å². The second-order valence-electron chi connectivity index (χ2n) is 12.8. The number of nitrogens with zero attached hydrogens (tertiary/aromatic N) is 2. The van der Waals surface area contributed by atoms with Crippen molar-refractivity contribution in [2.45, 2.75) is 71.1 Å². The summed E-state index contributed by atoms with van der Waals surface area (Å²) in [6, 6.07) is 9.35. The number of ether oxygens (including phenoxy) is 4. The molecule has 0 spiro atoms. The average molecular weight is 625 g/mol. The number of carbonyl (C=O) groups is 2. The van der Waals surface area contributed by atoms with Gasteiger partial charge in [0.25, 0.3) is 5.91 Å². The number of benzene rings is 2. The Kier molecular flexibility index (Phi) is 11.1. The van der Waals surface area contributed by atoms with Gasteiger partial charge in [-0.1, -0.05) is 6.92 Å². The summed E-state index contributed by atoms with van der Waals surface area (Å²) in [5, 5.41) is 15.8. The van der Waals surface area contributed by atoms with E-state index in [1.165, 1.54) is 12.8 Å². The summed E-state index contributed by atoms with van der Waals surface area (Å²) in [4.78, 5) is 31.3. The number of likely N-dealkylation sites (N-methyl/N-ethyl adjacent to an activating group) is 1. The molecule has 0 aromatic heterocycles. The fraction of sp³-hybridized carbons (Fsp3) is 0.588. The zero-order valence-electron chi connectivity index (χ0n) is 26.9. The molecule has 1 saturated carbocycles. The lowest BCUT2D eigenvalue weighted by Crippen LogP contribution is -2.47. The minimum absolute atomic E-state index is 0.0182. The van der Waals surface area contributed by atoms with Gasteiger partial charge >= 0.3 is 6.03 Å². The minimum atomic E-state index is -0.471. The number of aliphatic hydroxyl groups excluding tert-OH is 1. The molecule has 2 aliphatic heterocycles. The molecule has 11 nitrogen and oxygen atoms in total. The van der Waals surface area contributed by atoms with Crippen molar-refractivity contribution in [1.29, 1.82) is 0 Å². The summed E-state index contributed by atoms with van der Waals surface area (Å²) in [6.45, 7) is 8.81. The third kappa shape index (κ3) is 9.02. The lowest BCUT2D eigenvalue weighted by molar-refractivity contribution is -0.0172. The van der Waals surface area contributed by atoms with Crippen LogP contribution < -0.4 is 24.8 Å². The molecule has 3 amide bonds. The van der Waals surface area contributed by atoms with Crippen LogP contribution in [-0.4, -0.2) is 91.8 Å². The lowest BCUT2D eigenvalue weighted by Gasteiger charge is -2.36. The number of urea groups is 1. The van der Waals surface area contributed by atoms with Gasteiger partial charge in [-0.15, -0.1) is 0 Å². The number of anilines is 2. The Balaban J connectivity index is 1.37. The molecule has 2 heterocycles. The smallest absolute Gasteiger partial charge is 0.323 e. The molecule has 0 saturated heterocycles. The molecule has 45 heavy (non-hydrogen) atoms. The number of nitrogens with one attached hydrogen (secondary N) is 2. The molecule has 1 fully saturated rings. The number of hydrogen-bond acceptors (Lipinski definition) is 8. The quantitative estimate of drug-likeness (QED) is 0.367. The third-order valence-electron chi connectivity index (χ3n) is 8.70. The molecule has 4 atom stereocenters. The maximum atomic E-state index is 14.3. The van der Waals surface area contributed by atoms with Gasteiger partial charge in [0.2, 0.25) is 6.79 Å². The number of rotatable bonds is 8. The van der Waals surface area contributed by atoms with E-state index in [1.54, 1.807) is 41.3 Å². The van der Waals surface area contributed by atoms with E-state index < -0.39 is 12.1 Å². The molecule has 0 unspecified atom stereocenters. The van der Waals surface area contributed by atoms with Crippen LogP contribution >= 0.6 is 0 Å². The van der Waals surface area contributed by atoms with Crippen molar-refractivity contribution in [1.82, 2.24) is 9.80 Å². The van der Waals surface area contributed by atoms with Gasteiger partial charge in [-0.3, -0.25) is 4.79 Å². The number of carbonyl (C=O) groups excluding carboxylic acids is 2. The number of amides is 3. The molecule has 3 aliphatic rings. The zero-order valence-corrected chi connectivity index (χ0v) is 26.9. The third-order valence-corrected chi connectivity index (χ3v) is 8.70. The van der Waals surface area contributed by atoms with Crippen molar-refractivity contribution in [3.63, 3.8) is 0 Å². The molecule has 3 N–H and O–H groups in total. The maximum absolute atomic E-state index is 14.3. The second-order valence-corrected chi connectivity index (χ2v) is 12.8. The average Bonchev–Trinajstić information content (AvgIpc) is 3.70. The van der Waals surface area contributed by atoms with Crippen molar-refractivity contribution in [2.24, 2.45) is 11.8 Å². The minimum Gasteiger partial charge on any atom is -0.490 e. The van der Waals surface area contributed by atoms with E-state index in [-0.39, 0.29) is 37.4 Å². The normalized spacial score (nSPS) is 23.1. The summed E-state index contributed by atoms with van der Waals surface area (Å²) in [7, 11) is 2.14. The highest BCUT2D eigenvalue weighted by atomic mass is 16.7. The van der Waals surface area contributed by atoms with Crippen LogP contribution in [0.4, 0.5) is 16.2 Å². The topological polar surface area (TPSA) is 122 Å². The molecule has 1 aliphatic carbocycles. The fourth-order valence-corrected chi connectivity index (χ4v) is 5.85. The van der Waals surface area contributed by atoms with Crippen LogP contribution in [0.1, 0.15) is 63.2 Å². The first kappa shape index (κ1) is 32.8. The van der Waals surface area contributed by atoms with Crippen LogP contribution in [0, 0.1) is 11.8 Å². The number of aliphatic hydroxyl groups is 1. The van der Waals surface area contributed by atoms with E-state index in [0.717, 1.165) is 38.3 Å². The largest absolute Gasteiger partial charge is 0.490 e. The second kappa shape index (κ2) is 15.2. The highest BCUT2D eigenvalue weighted by molar-refractivity contribution is 6.02. The summed E-state index contributed by atoms with van der Waals surface area (Å²) < 4.78 is 23.5. The Morgan fingerprint density at radius 1 is 1.00 bits per heavy atom. The van der Waals surface area contributed by atoms with Crippen molar-refractivity contribution >= 4 is 23.3 Å². The molecule has 11 heteroatoms. The summed E-state index contributed by atoms with van der Waals surface area (Å²) >= 11 is 0. The van der Waals surface area contributed by atoms with E-state index in [0.29, 0.717) is 47.3 Å². The van der Waals surface area contributed by atoms with Gasteiger partial charge in [0.15, 0.2) is 11.5 Å². The fourth-order valence-electron chi connectivity index (χ4n) is 5.85. The first-order chi connectivity index (χ1) is 21.7. The van der Waals surface area contributed by atoms with Crippen molar-refractivity contribution in [3.05, 3.63) is 42.0 Å². The molecular weight excluding hydrogens is 576 g/mol. The number of fused-ring (bicyclic) bond motifs is 2. The molecule has 5 rings (SSSR count). The van der Waals surface area contributed by atoms with Crippen molar-refractivity contribution in [3.8, 4) is 17.2 Å². The highest BCUT2D eigenvalue weighted by Gasteiger charge is 2.31. The highest BCUT2D eigenvalue weighted by Crippen LogP contribution is 2.34. The molecule has 2 aromatic carbocycles. The van der Waals surface area contributed by atoms with E-state index >= 15 is 0 Å². The van der Waals surface area contributed by atoms with E-state index in [2.05, 4.69) is 29.5 Å². The van der Waals surface area contributed by atoms with Gasteiger partial charge < -0.3 is 44.5 Å². The zero-order chi connectivity index (χ0) is 31.9. The van der Waals surface area contributed by atoms with Gasteiger partial charge in [-0.05, 0) is 89.2 Å². The predicted octanol–water partition coefficient (Wildman–Crippen LogP) is 5.20. The predicted molar refractivity (Wildman–Crippen MR) is 172 cm³/mol. The Morgan fingerprint density at radius 3 is 2.44 bits per heavy atom. The monoisotopic (exact) mass is 624 g/mol. The molecule has 0 bridgehead atoms. The molecule has 0 radical (unpaired) electrons. The van der Waals surface area contributed by atoms with Crippen LogP contribution in [0.15, 0.2) is 36.4 Å². The van der Waals surface area contributed by atoms with Gasteiger partial charge in [-0.25, -0.2) is 4.79 Å². The van der Waals surface area contributed by atoms with Crippen LogP contribution in [-0.2, 0) is 4.74 Å². The van der Waals surface area contributed by atoms with Crippen LogP contribution in [0.3, 0.4) is 0 Å². The molecule has 246 valence electrons. The van der Waals surface area contributed by atoms with Gasteiger partial charge in [0.1, 0.15) is 5.75 Å². The Hall–Kier alpha value is -3.54. The number of hydrogen-bond donors (Lipinski definition) is 3. The summed E-state index contributed by atoms with van der Waals surface area (Å²) in [6.07, 6.45) is 5.07. The Bertz CT molecular complexity index is 1320. The van der Waals surface area contributed by atoms with Gasteiger partial charge in [-0.2, -0.15) is 0 Å². The SMILES string of the molecule is C[C@@H]1CCCCO[C@@H](CN(C)CC2CC2)[C@H](C)CN([C@H](C)CO)C(=O)c2cc(NC(=O)Nc3ccc4c(c3)OCO4)ccc2O1. The summed E-state index contributed by atoms with van der Waals surface area (Å²) in [5.41, 5.74) is 1.31. The van der Waals surface area contributed by atoms with Crippen LogP contribution in [0.5, 0.6) is 17.2 Å². The Labute approximate surface area is 266 Å². The van der Waals surface area contributed by atoms with E-state index in [1.807, 2.05) is 13.8 Å². The van der Waals surface area contributed by atoms with E-state index in [9.17, 15) is 14.7 Å². The summed E-state index contributed by atoms with van der Waals surface area (Å²) in [5.74, 6) is 2.16. The maximum Gasteiger partial charge on any atom is 0.323 e. The standard InChI is InChI=1S/C34H48N4O7/c1-22-17-38(23(2)20-39)33(40)28-15-26(35-34(41)36-27-11-13-30-31(16-27)44-21-43-30)10-12-29(28)45-24(3)7-5-6-14-42-32(22)19-37(4)18-25-8-9-25/h10-13,15-16,22-25,32,39H,5-9,14,17-21H2,1-4H3,(H2,35,36,41)/t22-,23-,24-,32+/m1/s1. The van der Waals surface area contributed by atoms with Crippen molar-refractivity contribution in [2.75, 3.05) is 57.3 Å². The van der Waals surface area contributed by atoms with Crippen molar-refractivity contribution < 1.29 is 33.6 Å². The molecule has 2 aromatic rings. The van der Waals surface area contributed by atoms with Crippen LogP contribution in [0.25, 0.3) is 0 Å².